The lowest BCUT2D eigenvalue weighted by atomic mass is 10.2. The topological polar surface area (TPSA) is 38.7 Å². The van der Waals surface area contributed by atoms with Crippen LogP contribution in [0.15, 0.2) is 24.8 Å². The summed E-state index contributed by atoms with van der Waals surface area (Å²) in [6.45, 7) is 3.85. The number of rotatable bonds is 4. The summed E-state index contributed by atoms with van der Waals surface area (Å²) in [5.41, 5.74) is 0. The van der Waals surface area contributed by atoms with Gasteiger partial charge >= 0.3 is 0 Å². The molecule has 74 valence electrons. The molecule has 3 nitrogen and oxygen atoms in total. The van der Waals surface area contributed by atoms with E-state index in [4.69, 9.17) is 26.2 Å². The zero-order chi connectivity index (χ0) is 9.68. The van der Waals surface area contributed by atoms with Crippen molar-refractivity contribution in [2.45, 2.75) is 17.8 Å². The molecular formula is C9H13ClO3. The first-order valence-corrected chi connectivity index (χ1v) is 4.52. The van der Waals surface area contributed by atoms with E-state index in [2.05, 4.69) is 6.58 Å². The van der Waals surface area contributed by atoms with Crippen LogP contribution in [0, 0.1) is 0 Å². The molecule has 1 N–H and O–H groups in total. The number of alkyl halides is 1. The second kappa shape index (κ2) is 5.40. The maximum Gasteiger partial charge on any atom is 0.178 e. The Bertz CT molecular complexity index is 193. The minimum absolute atomic E-state index is 0.0615. The molecule has 3 atom stereocenters. The van der Waals surface area contributed by atoms with Gasteiger partial charge in [0.1, 0.15) is 11.5 Å². The van der Waals surface area contributed by atoms with E-state index in [-0.39, 0.29) is 18.1 Å². The SMILES string of the molecule is C=CCO[C@H]1O[C@H](CO)C=C[C@@H]1Cl. The summed E-state index contributed by atoms with van der Waals surface area (Å²) in [7, 11) is 0. The van der Waals surface area contributed by atoms with Gasteiger partial charge in [-0.1, -0.05) is 18.2 Å². The molecule has 0 aromatic carbocycles. The van der Waals surface area contributed by atoms with Gasteiger partial charge in [-0.2, -0.15) is 0 Å². The summed E-state index contributed by atoms with van der Waals surface area (Å²) in [5, 5.41) is 8.52. The summed E-state index contributed by atoms with van der Waals surface area (Å²) in [6.07, 6.45) is 4.30. The number of hydrogen-bond donors (Lipinski definition) is 1. The molecule has 0 radical (unpaired) electrons. The highest BCUT2D eigenvalue weighted by atomic mass is 35.5. The summed E-state index contributed by atoms with van der Waals surface area (Å²) in [6, 6.07) is 0. The zero-order valence-electron chi connectivity index (χ0n) is 7.23. The fraction of sp³-hybridized carbons (Fsp3) is 0.556. The van der Waals surface area contributed by atoms with Crippen LogP contribution in [0.1, 0.15) is 0 Å². The second-order valence-electron chi connectivity index (χ2n) is 2.68. The van der Waals surface area contributed by atoms with Crippen LogP contribution >= 0.6 is 11.6 Å². The van der Waals surface area contributed by atoms with Crippen LogP contribution < -0.4 is 0 Å². The van der Waals surface area contributed by atoms with Gasteiger partial charge in [-0.05, 0) is 0 Å². The zero-order valence-corrected chi connectivity index (χ0v) is 7.98. The summed E-state index contributed by atoms with van der Waals surface area (Å²) in [4.78, 5) is 0. The molecule has 0 saturated carbocycles. The van der Waals surface area contributed by atoms with E-state index >= 15 is 0 Å². The van der Waals surface area contributed by atoms with Crippen molar-refractivity contribution in [2.24, 2.45) is 0 Å². The van der Waals surface area contributed by atoms with Gasteiger partial charge in [0.05, 0.1) is 13.2 Å². The molecule has 0 aromatic rings. The summed E-state index contributed by atoms with van der Waals surface area (Å²) >= 11 is 5.89. The van der Waals surface area contributed by atoms with E-state index in [1.54, 1.807) is 18.2 Å². The van der Waals surface area contributed by atoms with Gasteiger partial charge in [0.2, 0.25) is 0 Å². The highest BCUT2D eigenvalue weighted by Crippen LogP contribution is 2.18. The lowest BCUT2D eigenvalue weighted by Crippen LogP contribution is -2.36. The lowest BCUT2D eigenvalue weighted by molar-refractivity contribution is -0.161. The second-order valence-corrected chi connectivity index (χ2v) is 3.18. The van der Waals surface area contributed by atoms with Gasteiger partial charge in [0, 0.05) is 0 Å². The van der Waals surface area contributed by atoms with Crippen LogP contribution in [0.4, 0.5) is 0 Å². The highest BCUT2D eigenvalue weighted by Gasteiger charge is 2.25. The maximum absolute atomic E-state index is 8.83. The van der Waals surface area contributed by atoms with Gasteiger partial charge in [0.15, 0.2) is 6.29 Å². The summed E-state index contributed by atoms with van der Waals surface area (Å²) < 4.78 is 10.6. The van der Waals surface area contributed by atoms with Gasteiger partial charge in [-0.25, -0.2) is 0 Å². The van der Waals surface area contributed by atoms with Gasteiger partial charge < -0.3 is 14.6 Å². The molecule has 0 fully saturated rings. The summed E-state index contributed by atoms with van der Waals surface area (Å²) in [5.74, 6) is 0. The van der Waals surface area contributed by atoms with Crippen molar-refractivity contribution >= 4 is 11.6 Å². The molecule has 0 saturated heterocycles. The number of aliphatic hydroxyl groups is 1. The normalized spacial score (nSPS) is 33.2. The predicted molar refractivity (Wildman–Crippen MR) is 50.7 cm³/mol. The molecule has 0 unspecified atom stereocenters. The maximum atomic E-state index is 8.83. The highest BCUT2D eigenvalue weighted by molar-refractivity contribution is 6.22. The molecule has 0 spiro atoms. The average molecular weight is 205 g/mol. The van der Waals surface area contributed by atoms with E-state index in [0.29, 0.717) is 6.61 Å². The van der Waals surface area contributed by atoms with E-state index in [1.807, 2.05) is 0 Å². The molecule has 4 heteroatoms. The molecule has 13 heavy (non-hydrogen) atoms. The molecule has 0 aromatic heterocycles. The van der Waals surface area contributed by atoms with E-state index in [9.17, 15) is 0 Å². The van der Waals surface area contributed by atoms with E-state index in [1.165, 1.54) is 0 Å². The van der Waals surface area contributed by atoms with Crippen LogP contribution in [0.25, 0.3) is 0 Å². The largest absolute Gasteiger partial charge is 0.393 e. The van der Waals surface area contributed by atoms with Crippen LogP contribution in [0.3, 0.4) is 0 Å². The van der Waals surface area contributed by atoms with Crippen molar-refractivity contribution in [3.05, 3.63) is 24.8 Å². The molecule has 1 rings (SSSR count). The van der Waals surface area contributed by atoms with Crippen molar-refractivity contribution in [1.29, 1.82) is 0 Å². The van der Waals surface area contributed by atoms with Crippen molar-refractivity contribution in [3.63, 3.8) is 0 Å². The average Bonchev–Trinajstić information content (AvgIpc) is 2.17. The fourth-order valence-corrected chi connectivity index (χ4v) is 1.23. The van der Waals surface area contributed by atoms with Gasteiger partial charge in [-0.3, -0.25) is 0 Å². The fourth-order valence-electron chi connectivity index (χ4n) is 1.01. The lowest BCUT2D eigenvalue weighted by Gasteiger charge is -2.27. The first-order chi connectivity index (χ1) is 6.27. The quantitative estimate of drug-likeness (QED) is 0.550. The van der Waals surface area contributed by atoms with Crippen LogP contribution in [0.5, 0.6) is 0 Å². The molecule has 1 aliphatic heterocycles. The number of hydrogen-bond acceptors (Lipinski definition) is 3. The number of aliphatic hydroxyl groups excluding tert-OH is 1. The third kappa shape index (κ3) is 3.12. The molecule has 0 aliphatic carbocycles. The third-order valence-electron chi connectivity index (χ3n) is 1.64. The van der Waals surface area contributed by atoms with Gasteiger partial charge in [-0.15, -0.1) is 18.2 Å². The van der Waals surface area contributed by atoms with Crippen molar-refractivity contribution in [1.82, 2.24) is 0 Å². The number of halogens is 1. The van der Waals surface area contributed by atoms with E-state index < -0.39 is 6.29 Å². The van der Waals surface area contributed by atoms with Crippen LogP contribution in [-0.2, 0) is 9.47 Å². The van der Waals surface area contributed by atoms with Crippen LogP contribution in [-0.4, -0.2) is 36.1 Å². The minimum Gasteiger partial charge on any atom is -0.393 e. The Kier molecular flexibility index (Phi) is 4.45. The molecule has 1 heterocycles. The Morgan fingerprint density at radius 1 is 1.62 bits per heavy atom. The Labute approximate surface area is 82.6 Å². The third-order valence-corrected chi connectivity index (χ3v) is 1.99. The first kappa shape index (κ1) is 10.7. The predicted octanol–water partition coefficient (Wildman–Crippen LogP) is 1.07. The van der Waals surface area contributed by atoms with Crippen LogP contribution in [0.2, 0.25) is 0 Å². The molecule has 1 aliphatic rings. The Balaban J connectivity index is 2.44. The Morgan fingerprint density at radius 2 is 2.38 bits per heavy atom. The van der Waals surface area contributed by atoms with E-state index in [0.717, 1.165) is 0 Å². The van der Waals surface area contributed by atoms with Crippen molar-refractivity contribution in [2.75, 3.05) is 13.2 Å². The molecular weight excluding hydrogens is 192 g/mol. The Hall–Kier alpha value is -0.350. The molecule has 0 bridgehead atoms. The molecule has 0 amide bonds. The smallest absolute Gasteiger partial charge is 0.178 e. The number of ether oxygens (including phenoxy) is 2. The van der Waals surface area contributed by atoms with Gasteiger partial charge in [0.25, 0.3) is 0 Å². The van der Waals surface area contributed by atoms with Crippen molar-refractivity contribution < 1.29 is 14.6 Å². The van der Waals surface area contributed by atoms with Crippen molar-refractivity contribution in [3.8, 4) is 0 Å². The Morgan fingerprint density at radius 3 is 3.00 bits per heavy atom. The first-order valence-electron chi connectivity index (χ1n) is 4.09. The monoisotopic (exact) mass is 204 g/mol. The minimum atomic E-state index is -0.498. The standard InChI is InChI=1S/C9H13ClO3/c1-2-5-12-9-8(10)4-3-7(6-11)13-9/h2-4,7-9,11H,1,5-6H2/t7-,8-,9-/m0/s1.